The third-order valence-electron chi connectivity index (χ3n) is 7.93. The highest BCUT2D eigenvalue weighted by Gasteiger charge is 2.38. The number of rotatable bonds is 7. The van der Waals surface area contributed by atoms with Crippen molar-refractivity contribution in [1.82, 2.24) is 19.9 Å². The monoisotopic (exact) mass is 666 g/mol. The molecule has 0 fully saturated rings. The molecule has 3 aliphatic rings. The zero-order valence-electron chi connectivity index (χ0n) is 29.9. The van der Waals surface area contributed by atoms with E-state index in [0.717, 1.165) is 63.3 Å². The number of nitrogens with zero attached hydrogens (tertiary/aromatic N) is 6. The van der Waals surface area contributed by atoms with Crippen molar-refractivity contribution >= 4 is 41.4 Å². The van der Waals surface area contributed by atoms with E-state index in [1.54, 1.807) is 17.4 Å². The molecule has 1 N–H and O–H groups in total. The SMILES string of the molecule is C/C=N\N1C=CC(Oc2ccc(Nc3ncnc(=C/C)/c3=C3/OCC4=[N+](CCN(C(=O)OC(C)(C)C)C4)/C3=C\CC)cc2C)=C/C1=C\CC. The molecular formula is C38H48N7O4+. The van der Waals surface area contributed by atoms with Crippen LogP contribution in [0, 0.1) is 6.92 Å². The number of hydrogen-bond donors (Lipinski definition) is 1. The van der Waals surface area contributed by atoms with Crippen LogP contribution in [0.25, 0.3) is 11.8 Å². The number of nitrogens with one attached hydrogen (secondary N) is 1. The van der Waals surface area contributed by atoms with Crippen LogP contribution >= 0.6 is 0 Å². The summed E-state index contributed by atoms with van der Waals surface area (Å²) in [5.74, 6) is 2.82. The molecule has 5 rings (SSSR count). The Hall–Kier alpha value is -5.19. The lowest BCUT2D eigenvalue weighted by Crippen LogP contribution is -2.52. The van der Waals surface area contributed by atoms with E-state index in [0.29, 0.717) is 37.8 Å². The van der Waals surface area contributed by atoms with Crippen LogP contribution in [-0.2, 0) is 9.47 Å². The van der Waals surface area contributed by atoms with E-state index in [2.05, 4.69) is 51.0 Å². The molecule has 258 valence electrons. The molecule has 0 aliphatic carbocycles. The number of amides is 1. The molecule has 0 bridgehead atoms. The van der Waals surface area contributed by atoms with Crippen molar-refractivity contribution in [2.24, 2.45) is 5.10 Å². The Kier molecular flexibility index (Phi) is 11.0. The van der Waals surface area contributed by atoms with Crippen LogP contribution in [0.5, 0.6) is 5.75 Å². The summed E-state index contributed by atoms with van der Waals surface area (Å²) in [6, 6.07) is 5.97. The third-order valence-corrected chi connectivity index (χ3v) is 7.93. The molecule has 2 aromatic rings. The molecule has 1 aromatic heterocycles. The Bertz CT molecular complexity index is 1900. The van der Waals surface area contributed by atoms with E-state index in [1.807, 2.05) is 89.2 Å². The topological polar surface area (TPSA) is 104 Å². The first-order chi connectivity index (χ1) is 23.5. The van der Waals surface area contributed by atoms with Gasteiger partial charge in [0.1, 0.15) is 35.8 Å². The molecule has 11 heteroatoms. The van der Waals surface area contributed by atoms with Crippen LogP contribution in [0.2, 0.25) is 0 Å². The van der Waals surface area contributed by atoms with Gasteiger partial charge < -0.3 is 19.5 Å². The number of carbonyl (C=O) groups is 1. The second-order valence-electron chi connectivity index (χ2n) is 12.8. The second-order valence-corrected chi connectivity index (χ2v) is 12.8. The van der Waals surface area contributed by atoms with Crippen LogP contribution < -0.4 is 20.6 Å². The lowest BCUT2D eigenvalue weighted by molar-refractivity contribution is -0.485. The predicted molar refractivity (Wildman–Crippen MR) is 194 cm³/mol. The number of carbonyl (C=O) groups excluding carboxylic acids is 1. The van der Waals surface area contributed by atoms with E-state index in [4.69, 9.17) is 14.2 Å². The summed E-state index contributed by atoms with van der Waals surface area (Å²) in [7, 11) is 0. The van der Waals surface area contributed by atoms with Crippen molar-refractivity contribution in [3.63, 3.8) is 0 Å². The van der Waals surface area contributed by atoms with Crippen molar-refractivity contribution in [2.75, 3.05) is 31.6 Å². The van der Waals surface area contributed by atoms with Gasteiger partial charge in [0, 0.05) is 24.2 Å². The fourth-order valence-electron chi connectivity index (χ4n) is 5.80. The van der Waals surface area contributed by atoms with E-state index in [-0.39, 0.29) is 6.09 Å². The van der Waals surface area contributed by atoms with Gasteiger partial charge in [-0.2, -0.15) is 9.68 Å². The molecular weight excluding hydrogens is 618 g/mol. The third kappa shape index (κ3) is 8.28. The second kappa shape index (κ2) is 15.4. The Morgan fingerprint density at radius 2 is 1.96 bits per heavy atom. The number of ether oxygens (including phenoxy) is 3. The van der Waals surface area contributed by atoms with Crippen molar-refractivity contribution in [3.05, 3.63) is 88.3 Å². The van der Waals surface area contributed by atoms with Gasteiger partial charge >= 0.3 is 6.09 Å². The van der Waals surface area contributed by atoms with Crippen LogP contribution in [0.4, 0.5) is 16.3 Å². The van der Waals surface area contributed by atoms with Crippen molar-refractivity contribution in [1.29, 1.82) is 0 Å². The van der Waals surface area contributed by atoms with Gasteiger partial charge in [-0.25, -0.2) is 19.8 Å². The molecule has 11 nitrogen and oxygen atoms in total. The fourth-order valence-corrected chi connectivity index (χ4v) is 5.80. The number of anilines is 2. The van der Waals surface area contributed by atoms with Gasteiger partial charge in [-0.1, -0.05) is 26.0 Å². The summed E-state index contributed by atoms with van der Waals surface area (Å²) >= 11 is 0. The summed E-state index contributed by atoms with van der Waals surface area (Å²) in [5.41, 5.74) is 4.17. The van der Waals surface area contributed by atoms with Crippen molar-refractivity contribution in [3.8, 4) is 5.75 Å². The number of hydrogen-bond acceptors (Lipinski definition) is 9. The van der Waals surface area contributed by atoms with Gasteiger partial charge in [-0.3, -0.25) is 4.90 Å². The summed E-state index contributed by atoms with van der Waals surface area (Å²) < 4.78 is 20.7. The smallest absolute Gasteiger partial charge is 0.411 e. The highest BCUT2D eigenvalue weighted by molar-refractivity contribution is 5.89. The lowest BCUT2D eigenvalue weighted by atomic mass is 10.1. The van der Waals surface area contributed by atoms with E-state index in [1.165, 1.54) is 0 Å². The molecule has 0 unspecified atom stereocenters. The number of benzene rings is 1. The molecule has 0 saturated heterocycles. The minimum Gasteiger partial charge on any atom is -0.475 e. The van der Waals surface area contributed by atoms with Crippen LogP contribution in [-0.4, -0.2) is 74.3 Å². The Balaban J connectivity index is 1.45. The first-order valence-corrected chi connectivity index (χ1v) is 16.9. The Morgan fingerprint density at radius 1 is 1.16 bits per heavy atom. The zero-order valence-corrected chi connectivity index (χ0v) is 29.9. The van der Waals surface area contributed by atoms with Gasteiger partial charge in [-0.05, 0) is 90.3 Å². The highest BCUT2D eigenvalue weighted by Crippen LogP contribution is 2.28. The molecule has 3 aliphatic heterocycles. The predicted octanol–water partition coefficient (Wildman–Crippen LogP) is 5.86. The molecule has 1 aromatic carbocycles. The van der Waals surface area contributed by atoms with Crippen LogP contribution in [0.1, 0.15) is 66.9 Å². The zero-order chi connectivity index (χ0) is 35.1. The van der Waals surface area contributed by atoms with Gasteiger partial charge in [-0.15, -0.1) is 0 Å². The first kappa shape index (κ1) is 35.1. The number of hydrazone groups is 1. The summed E-state index contributed by atoms with van der Waals surface area (Å²) in [4.78, 5) is 23.9. The Labute approximate surface area is 289 Å². The molecule has 0 radical (unpaired) electrons. The summed E-state index contributed by atoms with van der Waals surface area (Å²) in [5, 5.41) is 11.3. The van der Waals surface area contributed by atoms with E-state index >= 15 is 0 Å². The summed E-state index contributed by atoms with van der Waals surface area (Å²) in [6.45, 7) is 17.6. The fraction of sp³-hybridized carbons (Fsp3) is 0.395. The van der Waals surface area contributed by atoms with E-state index in [9.17, 15) is 4.79 Å². The van der Waals surface area contributed by atoms with Crippen LogP contribution in [0.3, 0.4) is 0 Å². The van der Waals surface area contributed by atoms with Gasteiger partial charge in [0.2, 0.25) is 17.2 Å². The van der Waals surface area contributed by atoms with Crippen molar-refractivity contribution in [2.45, 2.75) is 73.8 Å². The quantitative estimate of drug-likeness (QED) is 0.290. The lowest BCUT2D eigenvalue weighted by Gasteiger charge is -2.31. The molecule has 0 atom stereocenters. The van der Waals surface area contributed by atoms with Crippen LogP contribution in [0.15, 0.2) is 77.3 Å². The maximum absolute atomic E-state index is 12.9. The van der Waals surface area contributed by atoms with E-state index < -0.39 is 5.60 Å². The molecule has 0 spiro atoms. The molecule has 49 heavy (non-hydrogen) atoms. The van der Waals surface area contributed by atoms with Crippen molar-refractivity contribution < 1.29 is 23.6 Å². The number of allylic oxidation sites excluding steroid dienone is 4. The highest BCUT2D eigenvalue weighted by atomic mass is 16.6. The standard InChI is InChI=1S/C38H48N7O4/c1-9-13-28-22-30(17-18-45(28)41-12-4)48-33-16-15-27(21-26(33)5)42-36-34(31(11-3)39-25-40-36)35-32(14-10-2)44-20-19-43(23-29(44)24-47-35)37(46)49-38(6,7)8/h11-18,21-22,25H,9-10,19-20,23-24H2,1-8H3,(H,39,40,42)/q+1/b28-13+,31-11+,32-14-,35-34-,41-12-. The minimum absolute atomic E-state index is 0.314. The first-order valence-electron chi connectivity index (χ1n) is 16.9. The minimum atomic E-state index is -0.557. The molecule has 0 saturated carbocycles. The maximum Gasteiger partial charge on any atom is 0.411 e. The molecule has 1 amide bonds. The van der Waals surface area contributed by atoms with Gasteiger partial charge in [0.05, 0.1) is 22.8 Å². The molecule has 4 heterocycles. The average molecular weight is 667 g/mol. The average Bonchev–Trinajstić information content (AvgIpc) is 3.06. The van der Waals surface area contributed by atoms with Gasteiger partial charge in [0.25, 0.3) is 0 Å². The largest absolute Gasteiger partial charge is 0.475 e. The maximum atomic E-state index is 12.9. The summed E-state index contributed by atoms with van der Waals surface area (Å²) in [6.07, 6.45) is 16.7. The normalized spacial score (nSPS) is 19.8. The van der Waals surface area contributed by atoms with Gasteiger partial charge in [0.15, 0.2) is 13.2 Å². The number of aromatic nitrogens is 2. The Morgan fingerprint density at radius 3 is 2.65 bits per heavy atom. The number of aryl methyl sites for hydroxylation is 1.